The van der Waals surface area contributed by atoms with Crippen molar-refractivity contribution in [2.45, 2.75) is 32.0 Å². The predicted molar refractivity (Wildman–Crippen MR) is 50.4 cm³/mol. The van der Waals surface area contributed by atoms with Crippen LogP contribution in [0.5, 0.6) is 0 Å². The maximum absolute atomic E-state index is 13.0. The van der Waals surface area contributed by atoms with Gasteiger partial charge in [0, 0.05) is 19.8 Å². The van der Waals surface area contributed by atoms with Gasteiger partial charge in [0.25, 0.3) is 0 Å². The first kappa shape index (κ1) is 12.8. The number of nitrogens with one attached hydrogen (secondary N) is 1. The van der Waals surface area contributed by atoms with Gasteiger partial charge in [-0.15, -0.1) is 0 Å². The molecule has 5 nitrogen and oxygen atoms in total. The highest BCUT2D eigenvalue weighted by Gasteiger charge is 2.17. The van der Waals surface area contributed by atoms with E-state index in [2.05, 4.69) is 4.99 Å². The molecule has 0 aliphatic heterocycles. The van der Waals surface area contributed by atoms with Crippen LogP contribution in [0.15, 0.2) is 0 Å². The number of amidine groups is 1. The minimum atomic E-state index is -1.21. The lowest BCUT2D eigenvalue weighted by atomic mass is 10.1. The molecular weight excluding hydrogens is 189 g/mol. The molecule has 0 aromatic rings. The minimum absolute atomic E-state index is 0.166. The summed E-state index contributed by atoms with van der Waals surface area (Å²) in [7, 11) is 0. The van der Waals surface area contributed by atoms with Crippen LogP contribution in [0.4, 0.5) is 4.39 Å². The molecule has 6 heteroatoms. The van der Waals surface area contributed by atoms with Crippen LogP contribution in [0.2, 0.25) is 0 Å². The number of alkyl halides is 1. The van der Waals surface area contributed by atoms with E-state index >= 15 is 0 Å². The molecule has 0 radical (unpaired) electrons. The van der Waals surface area contributed by atoms with Crippen LogP contribution < -0.4 is 16.5 Å². The standard InChI is InChI=1S/C8H16FN3O2/c1-5(10)12-3-2-6(9)4-7(11)8(13)14/h6-7H,2-4,11H2,1H3,(H2,10,12)(H,13,14)/p+1. The molecule has 0 heterocycles. The van der Waals surface area contributed by atoms with Crippen LogP contribution in [-0.2, 0) is 4.79 Å². The first-order chi connectivity index (χ1) is 6.43. The maximum atomic E-state index is 13.0. The highest BCUT2D eigenvalue weighted by atomic mass is 19.1. The van der Waals surface area contributed by atoms with Gasteiger partial charge in [-0.2, -0.15) is 0 Å². The van der Waals surface area contributed by atoms with E-state index < -0.39 is 18.2 Å². The molecule has 6 N–H and O–H groups in total. The lowest BCUT2D eigenvalue weighted by Crippen LogP contribution is -2.75. The van der Waals surface area contributed by atoms with Gasteiger partial charge in [-0.3, -0.25) is 15.5 Å². The van der Waals surface area contributed by atoms with Crippen LogP contribution in [-0.4, -0.2) is 35.7 Å². The van der Waals surface area contributed by atoms with Crippen molar-refractivity contribution < 1.29 is 19.3 Å². The van der Waals surface area contributed by atoms with Crippen molar-refractivity contribution >= 4 is 11.8 Å². The first-order valence-electron chi connectivity index (χ1n) is 4.38. The monoisotopic (exact) mass is 206 g/mol. The zero-order valence-corrected chi connectivity index (χ0v) is 8.16. The molecule has 0 bridgehead atoms. The molecule has 0 amide bonds. The molecule has 14 heavy (non-hydrogen) atoms. The number of carbonyl (C=O) groups is 1. The van der Waals surface area contributed by atoms with Crippen LogP contribution in [0.25, 0.3) is 0 Å². The summed E-state index contributed by atoms with van der Waals surface area (Å²) in [4.78, 5) is 13.0. The average Bonchev–Trinajstić information content (AvgIpc) is 2.02. The first-order valence-corrected chi connectivity index (χ1v) is 4.38. The summed E-state index contributed by atoms with van der Waals surface area (Å²) in [6.45, 7) is 2.05. The quantitative estimate of drug-likeness (QED) is 0.297. The molecule has 0 aliphatic carbocycles. The van der Waals surface area contributed by atoms with Gasteiger partial charge in [0.15, 0.2) is 0 Å². The van der Waals surface area contributed by atoms with Crippen LogP contribution in [0.1, 0.15) is 19.8 Å². The summed E-state index contributed by atoms with van der Waals surface area (Å²) in [6, 6.07) is -1.13. The van der Waals surface area contributed by atoms with Crippen LogP contribution in [0, 0.1) is 0 Å². The number of hydrogen-bond acceptors (Lipinski definition) is 2. The Labute approximate surface area is 82.0 Å². The Hall–Kier alpha value is -1.17. The van der Waals surface area contributed by atoms with Crippen LogP contribution in [0.3, 0.4) is 0 Å². The molecule has 0 aromatic carbocycles. The van der Waals surface area contributed by atoms with Crippen molar-refractivity contribution in [3.05, 3.63) is 0 Å². The fraction of sp³-hybridized carbons (Fsp3) is 0.750. The van der Waals surface area contributed by atoms with E-state index in [1.807, 2.05) is 0 Å². The number of aliphatic carboxylic acids is 1. The smallest absolute Gasteiger partial charge is 0.320 e. The Morgan fingerprint density at radius 3 is 2.64 bits per heavy atom. The van der Waals surface area contributed by atoms with Crippen molar-refractivity contribution in [2.75, 3.05) is 6.54 Å². The number of hydrogen-bond donors (Lipinski definition) is 4. The van der Waals surface area contributed by atoms with E-state index in [-0.39, 0.29) is 12.8 Å². The van der Waals surface area contributed by atoms with Crippen molar-refractivity contribution in [1.29, 1.82) is 0 Å². The molecule has 2 unspecified atom stereocenters. The number of rotatable bonds is 6. The van der Waals surface area contributed by atoms with E-state index in [4.69, 9.17) is 16.6 Å². The van der Waals surface area contributed by atoms with Gasteiger partial charge in [0.05, 0.1) is 6.54 Å². The molecule has 0 spiro atoms. The third-order valence-electron chi connectivity index (χ3n) is 1.69. The maximum Gasteiger partial charge on any atom is 0.320 e. The van der Waals surface area contributed by atoms with E-state index in [0.717, 1.165) is 0 Å². The lowest BCUT2D eigenvalue weighted by Gasteiger charge is -2.09. The fourth-order valence-electron chi connectivity index (χ4n) is 0.920. The fourth-order valence-corrected chi connectivity index (χ4v) is 0.920. The summed E-state index contributed by atoms with van der Waals surface area (Å²) >= 11 is 0. The highest BCUT2D eigenvalue weighted by Crippen LogP contribution is 2.04. The summed E-state index contributed by atoms with van der Waals surface area (Å²) in [5.41, 5.74) is 10.5. The second-order valence-electron chi connectivity index (χ2n) is 3.18. The summed E-state index contributed by atoms with van der Waals surface area (Å²) in [5, 5.41) is 8.41. The van der Waals surface area contributed by atoms with Crippen molar-refractivity contribution in [1.82, 2.24) is 0 Å². The van der Waals surface area contributed by atoms with Crippen LogP contribution >= 0.6 is 0 Å². The second-order valence-corrected chi connectivity index (χ2v) is 3.18. The lowest BCUT2D eigenvalue weighted by molar-refractivity contribution is -0.460. The van der Waals surface area contributed by atoms with Gasteiger partial charge in [-0.1, -0.05) is 0 Å². The molecule has 0 fully saturated rings. The van der Waals surface area contributed by atoms with Crippen molar-refractivity contribution in [2.24, 2.45) is 11.5 Å². The van der Waals surface area contributed by atoms with Gasteiger partial charge in [0.2, 0.25) is 5.84 Å². The van der Waals surface area contributed by atoms with Gasteiger partial charge in [-0.05, 0) is 0 Å². The van der Waals surface area contributed by atoms with Crippen molar-refractivity contribution in [3.8, 4) is 0 Å². The van der Waals surface area contributed by atoms with Gasteiger partial charge in [0.1, 0.15) is 12.2 Å². The summed E-state index contributed by atoms with van der Waals surface area (Å²) in [6.07, 6.45) is -1.18. The summed E-state index contributed by atoms with van der Waals surface area (Å²) < 4.78 is 13.0. The predicted octanol–water partition coefficient (Wildman–Crippen LogP) is -2.03. The Bertz CT molecular complexity index is 217. The molecule has 0 rings (SSSR count). The molecule has 0 saturated carbocycles. The number of nitrogens with two attached hydrogens (primary N) is 2. The zero-order valence-electron chi connectivity index (χ0n) is 8.16. The van der Waals surface area contributed by atoms with E-state index in [1.165, 1.54) is 0 Å². The third kappa shape index (κ3) is 6.36. The number of halogens is 1. The highest BCUT2D eigenvalue weighted by molar-refractivity contribution is 5.73. The SMILES string of the molecule is CC(N)=[NH+]CCC(F)CC(N)C(=O)O. The van der Waals surface area contributed by atoms with E-state index in [1.54, 1.807) is 6.92 Å². The number of carboxylic acids is 1. The largest absolute Gasteiger partial charge is 0.480 e. The molecule has 2 atom stereocenters. The van der Waals surface area contributed by atoms with Gasteiger partial charge in [-0.25, -0.2) is 4.39 Å². The summed E-state index contributed by atoms with van der Waals surface area (Å²) in [5.74, 6) is -0.665. The molecule has 0 aliphatic rings. The van der Waals surface area contributed by atoms with E-state index in [0.29, 0.717) is 12.4 Å². The number of carboxylic acid groups (broad SMARTS) is 1. The Morgan fingerprint density at radius 2 is 2.21 bits per heavy atom. The van der Waals surface area contributed by atoms with Gasteiger partial charge >= 0.3 is 5.97 Å². The molecular formula is C8H17FN3O2+. The zero-order chi connectivity index (χ0) is 11.1. The molecule has 0 saturated heterocycles. The second kappa shape index (κ2) is 6.31. The Morgan fingerprint density at radius 1 is 1.64 bits per heavy atom. The molecule has 0 aromatic heterocycles. The van der Waals surface area contributed by atoms with Gasteiger partial charge < -0.3 is 10.8 Å². The minimum Gasteiger partial charge on any atom is -0.480 e. The average molecular weight is 206 g/mol. The Balaban J connectivity index is 3.70. The third-order valence-corrected chi connectivity index (χ3v) is 1.69. The topological polar surface area (TPSA) is 103 Å². The van der Waals surface area contributed by atoms with E-state index in [9.17, 15) is 9.18 Å². The van der Waals surface area contributed by atoms with Crippen molar-refractivity contribution in [3.63, 3.8) is 0 Å². The molecule has 82 valence electrons. The Kier molecular flexibility index (Phi) is 5.78. The normalized spacial score (nSPS) is 16.4.